The molecule has 1 aromatic heterocycles. The van der Waals surface area contributed by atoms with Crippen LogP contribution in [0, 0.1) is 0 Å². The molecule has 1 heteroatoms. The molecule has 12 aromatic rings. The number of furan rings is 1. The first kappa shape index (κ1) is 30.3. The lowest BCUT2D eigenvalue weighted by atomic mass is 9.90. The Morgan fingerprint density at radius 2 is 0.636 bits per heavy atom. The predicted octanol–water partition coefficient (Wildman–Crippen LogP) is 15.5. The summed E-state index contributed by atoms with van der Waals surface area (Å²) in [4.78, 5) is 0. The molecule has 0 saturated carbocycles. The average Bonchev–Trinajstić information content (AvgIpc) is 3.62. The van der Waals surface area contributed by atoms with Crippen LogP contribution in [0.3, 0.4) is 0 Å². The van der Waals surface area contributed by atoms with Gasteiger partial charge in [-0.25, -0.2) is 0 Å². The Morgan fingerprint density at radius 3 is 1.36 bits per heavy atom. The summed E-state index contributed by atoms with van der Waals surface area (Å²) in [5, 5.41) is 17.5. The SMILES string of the molecule is c1ccc2c(c1)cc(-c1ccc3c(c1)oc1cc(-c4ccc5cc(-c6cc7c8ccccc8ccc7c7ccccc67)ccc5c4)ccc13)c1ccccc12. The minimum absolute atomic E-state index is 0.902. The fraction of sp³-hybridized carbons (Fsp3) is 0. The highest BCUT2D eigenvalue weighted by Crippen LogP contribution is 2.41. The van der Waals surface area contributed by atoms with Crippen molar-refractivity contribution in [3.8, 4) is 33.4 Å². The maximum absolute atomic E-state index is 6.62. The summed E-state index contributed by atoms with van der Waals surface area (Å²) in [5.74, 6) is 0. The van der Waals surface area contributed by atoms with Crippen LogP contribution < -0.4 is 0 Å². The molecule has 0 fully saturated rings. The van der Waals surface area contributed by atoms with Crippen LogP contribution in [-0.4, -0.2) is 0 Å². The summed E-state index contributed by atoms with van der Waals surface area (Å²) in [7, 11) is 0. The Labute approximate surface area is 317 Å². The minimum Gasteiger partial charge on any atom is -0.456 e. The van der Waals surface area contributed by atoms with E-state index in [1.165, 1.54) is 86.9 Å². The molecule has 0 bridgehead atoms. The summed E-state index contributed by atoms with van der Waals surface area (Å²) in [6, 6.07) is 71.1. The Balaban J connectivity index is 0.934. The van der Waals surface area contributed by atoms with E-state index < -0.39 is 0 Å². The van der Waals surface area contributed by atoms with Crippen LogP contribution in [0.4, 0.5) is 0 Å². The molecule has 0 aliphatic heterocycles. The van der Waals surface area contributed by atoms with E-state index in [1.54, 1.807) is 0 Å². The van der Waals surface area contributed by atoms with Crippen molar-refractivity contribution in [1.82, 2.24) is 0 Å². The van der Waals surface area contributed by atoms with E-state index in [4.69, 9.17) is 4.42 Å². The zero-order valence-corrected chi connectivity index (χ0v) is 29.9. The molecule has 254 valence electrons. The van der Waals surface area contributed by atoms with E-state index in [1.807, 2.05) is 0 Å². The Kier molecular flexibility index (Phi) is 6.40. The van der Waals surface area contributed by atoms with Gasteiger partial charge in [0.25, 0.3) is 0 Å². The third-order valence-corrected chi connectivity index (χ3v) is 11.8. The molecule has 55 heavy (non-hydrogen) atoms. The molecule has 11 aromatic carbocycles. The van der Waals surface area contributed by atoms with Crippen molar-refractivity contribution < 1.29 is 4.42 Å². The van der Waals surface area contributed by atoms with Crippen molar-refractivity contribution in [3.63, 3.8) is 0 Å². The van der Waals surface area contributed by atoms with Gasteiger partial charge in [-0.1, -0.05) is 146 Å². The van der Waals surface area contributed by atoms with Gasteiger partial charge in [-0.2, -0.15) is 0 Å². The van der Waals surface area contributed by atoms with E-state index in [0.29, 0.717) is 0 Å². The van der Waals surface area contributed by atoms with Crippen molar-refractivity contribution in [3.05, 3.63) is 194 Å². The smallest absolute Gasteiger partial charge is 0.136 e. The third kappa shape index (κ3) is 4.67. The fourth-order valence-electron chi connectivity index (χ4n) is 9.11. The second-order valence-corrected chi connectivity index (χ2v) is 14.8. The molecule has 0 N–H and O–H groups in total. The zero-order chi connectivity index (χ0) is 36.0. The molecule has 0 amide bonds. The second-order valence-electron chi connectivity index (χ2n) is 14.8. The minimum atomic E-state index is 0.902. The molecule has 1 heterocycles. The average molecular weight is 697 g/mol. The maximum Gasteiger partial charge on any atom is 0.136 e. The number of fused-ring (bicyclic) bond motifs is 12. The van der Waals surface area contributed by atoms with E-state index in [2.05, 4.69) is 194 Å². The normalized spacial score (nSPS) is 12.0. The number of rotatable bonds is 3. The lowest BCUT2D eigenvalue weighted by molar-refractivity contribution is 0.669. The number of hydrogen-bond acceptors (Lipinski definition) is 1. The molecule has 0 saturated heterocycles. The molecule has 1 nitrogen and oxygen atoms in total. The third-order valence-electron chi connectivity index (χ3n) is 11.8. The van der Waals surface area contributed by atoms with Crippen molar-refractivity contribution in [2.45, 2.75) is 0 Å². The van der Waals surface area contributed by atoms with Crippen LogP contribution in [0.5, 0.6) is 0 Å². The molecule has 0 aliphatic rings. The highest BCUT2D eigenvalue weighted by Gasteiger charge is 2.15. The van der Waals surface area contributed by atoms with Crippen molar-refractivity contribution in [2.24, 2.45) is 0 Å². The van der Waals surface area contributed by atoms with Gasteiger partial charge in [-0.15, -0.1) is 0 Å². The highest BCUT2D eigenvalue weighted by atomic mass is 16.3. The van der Waals surface area contributed by atoms with Gasteiger partial charge in [0.05, 0.1) is 0 Å². The van der Waals surface area contributed by atoms with Crippen molar-refractivity contribution >= 4 is 86.6 Å². The summed E-state index contributed by atoms with van der Waals surface area (Å²) >= 11 is 0. The largest absolute Gasteiger partial charge is 0.456 e. The van der Waals surface area contributed by atoms with Gasteiger partial charge >= 0.3 is 0 Å². The first-order valence-corrected chi connectivity index (χ1v) is 19.0. The first-order chi connectivity index (χ1) is 27.2. The van der Waals surface area contributed by atoms with Crippen molar-refractivity contribution in [2.75, 3.05) is 0 Å². The highest BCUT2D eigenvalue weighted by molar-refractivity contribution is 6.21. The van der Waals surface area contributed by atoms with Crippen molar-refractivity contribution in [1.29, 1.82) is 0 Å². The van der Waals surface area contributed by atoms with Crippen LogP contribution in [0.1, 0.15) is 0 Å². The molecule has 12 rings (SSSR count). The molecule has 0 atom stereocenters. The van der Waals surface area contributed by atoms with Gasteiger partial charge in [0.2, 0.25) is 0 Å². The van der Waals surface area contributed by atoms with E-state index in [0.717, 1.165) is 33.1 Å². The lowest BCUT2D eigenvalue weighted by Gasteiger charge is -2.14. The summed E-state index contributed by atoms with van der Waals surface area (Å²) in [5.41, 5.74) is 9.00. The Bertz CT molecular complexity index is 3550. The molecule has 0 unspecified atom stereocenters. The lowest BCUT2D eigenvalue weighted by Crippen LogP contribution is -1.87. The molecule has 0 radical (unpaired) electrons. The van der Waals surface area contributed by atoms with Gasteiger partial charge in [0.1, 0.15) is 11.2 Å². The molecule has 0 spiro atoms. The van der Waals surface area contributed by atoms with Crippen LogP contribution in [0.25, 0.3) is 120 Å². The van der Waals surface area contributed by atoms with E-state index in [9.17, 15) is 0 Å². The van der Waals surface area contributed by atoms with Crippen LogP contribution in [0.15, 0.2) is 199 Å². The summed E-state index contributed by atoms with van der Waals surface area (Å²) in [6.45, 7) is 0. The topological polar surface area (TPSA) is 13.1 Å². The van der Waals surface area contributed by atoms with Gasteiger partial charge in [0, 0.05) is 10.8 Å². The quantitative estimate of drug-likeness (QED) is 0.168. The molecular formula is C54H32O. The van der Waals surface area contributed by atoms with Crippen LogP contribution in [-0.2, 0) is 0 Å². The Morgan fingerprint density at radius 1 is 0.218 bits per heavy atom. The number of hydrogen-bond donors (Lipinski definition) is 0. The van der Waals surface area contributed by atoms with Gasteiger partial charge in [-0.3, -0.25) is 0 Å². The maximum atomic E-state index is 6.62. The summed E-state index contributed by atoms with van der Waals surface area (Å²) < 4.78 is 6.62. The van der Waals surface area contributed by atoms with E-state index in [-0.39, 0.29) is 0 Å². The Hall–Kier alpha value is -7.22. The summed E-state index contributed by atoms with van der Waals surface area (Å²) in [6.07, 6.45) is 0. The van der Waals surface area contributed by atoms with Crippen LogP contribution >= 0.6 is 0 Å². The van der Waals surface area contributed by atoms with Gasteiger partial charge in [-0.05, 0) is 147 Å². The monoisotopic (exact) mass is 696 g/mol. The van der Waals surface area contributed by atoms with E-state index >= 15 is 0 Å². The zero-order valence-electron chi connectivity index (χ0n) is 29.9. The van der Waals surface area contributed by atoms with Crippen LogP contribution in [0.2, 0.25) is 0 Å². The fourth-order valence-corrected chi connectivity index (χ4v) is 9.11. The molecular weight excluding hydrogens is 665 g/mol. The predicted molar refractivity (Wildman–Crippen MR) is 235 cm³/mol. The van der Waals surface area contributed by atoms with Gasteiger partial charge in [0.15, 0.2) is 0 Å². The second kappa shape index (κ2) is 11.6. The number of benzene rings is 11. The molecule has 0 aliphatic carbocycles. The van der Waals surface area contributed by atoms with Gasteiger partial charge < -0.3 is 4.42 Å². The standard InChI is InChI=1S/C54H32O/c1-3-11-41-33(9-1)21-24-47-44-14-6-8-16-46(44)51(32-52(41)47)39-20-19-34-27-35(17-18-36(34)28-39)37-22-25-48-49-26-23-40(31-54(49)55-53(48)30-37)50-29-38-10-2-4-12-42(38)43-13-5-7-15-45(43)50/h1-32H. The first-order valence-electron chi connectivity index (χ1n) is 19.0.